The first-order valence-electron chi connectivity index (χ1n) is 7.51. The highest BCUT2D eigenvalue weighted by Crippen LogP contribution is 2.28. The standard InChI is InChI=1S/C15H21ClN2O2S/c16-13-3-1-2-12(10-13)11-18-8-6-14(7-9-18)17-21(19,20)15-4-5-15/h1-3,10,14-15,17H,4-9,11H2. The molecule has 1 aliphatic carbocycles. The summed E-state index contributed by atoms with van der Waals surface area (Å²) < 4.78 is 26.7. The first-order valence-corrected chi connectivity index (χ1v) is 9.43. The maximum absolute atomic E-state index is 11.9. The van der Waals surface area contributed by atoms with Gasteiger partial charge in [-0.05, 0) is 43.4 Å². The summed E-state index contributed by atoms with van der Waals surface area (Å²) in [5.41, 5.74) is 1.21. The number of rotatable bonds is 5. The third-order valence-corrected chi connectivity index (χ3v) is 6.42. The molecule has 1 N–H and O–H groups in total. The molecule has 1 aromatic rings. The summed E-state index contributed by atoms with van der Waals surface area (Å²) in [5, 5.41) is 0.640. The van der Waals surface area contributed by atoms with Crippen molar-refractivity contribution in [1.29, 1.82) is 0 Å². The van der Waals surface area contributed by atoms with Crippen LogP contribution in [0.3, 0.4) is 0 Å². The van der Waals surface area contributed by atoms with Gasteiger partial charge in [0.15, 0.2) is 0 Å². The zero-order chi connectivity index (χ0) is 14.9. The Balaban J connectivity index is 1.49. The van der Waals surface area contributed by atoms with Crippen molar-refractivity contribution in [2.24, 2.45) is 0 Å². The number of piperidine rings is 1. The average Bonchev–Trinajstić information content (AvgIpc) is 3.25. The molecule has 1 aromatic carbocycles. The molecule has 0 aromatic heterocycles. The molecule has 0 spiro atoms. The second-order valence-corrected chi connectivity index (χ2v) is 8.47. The molecule has 4 nitrogen and oxygen atoms in total. The van der Waals surface area contributed by atoms with E-state index in [4.69, 9.17) is 11.6 Å². The van der Waals surface area contributed by atoms with Crippen LogP contribution in [0.4, 0.5) is 0 Å². The highest BCUT2D eigenvalue weighted by molar-refractivity contribution is 7.90. The zero-order valence-corrected chi connectivity index (χ0v) is 13.5. The molecule has 116 valence electrons. The fourth-order valence-electron chi connectivity index (χ4n) is 2.81. The van der Waals surface area contributed by atoms with Crippen LogP contribution in [0.2, 0.25) is 5.02 Å². The third kappa shape index (κ3) is 4.19. The predicted octanol–water partition coefficient (Wildman–Crippen LogP) is 2.39. The maximum atomic E-state index is 11.9. The van der Waals surface area contributed by atoms with E-state index >= 15 is 0 Å². The van der Waals surface area contributed by atoms with Gasteiger partial charge in [-0.3, -0.25) is 4.90 Å². The molecule has 1 saturated carbocycles. The molecular formula is C15H21ClN2O2S. The molecule has 1 aliphatic heterocycles. The van der Waals surface area contributed by atoms with E-state index < -0.39 is 10.0 Å². The molecule has 3 rings (SSSR count). The lowest BCUT2D eigenvalue weighted by Crippen LogP contribution is -2.45. The van der Waals surface area contributed by atoms with Crippen LogP contribution in [0.25, 0.3) is 0 Å². The van der Waals surface area contributed by atoms with Gasteiger partial charge < -0.3 is 0 Å². The number of sulfonamides is 1. The summed E-state index contributed by atoms with van der Waals surface area (Å²) in [7, 11) is -3.05. The lowest BCUT2D eigenvalue weighted by molar-refractivity contribution is 0.200. The molecule has 1 heterocycles. The normalized spacial score (nSPS) is 21.6. The van der Waals surface area contributed by atoms with Crippen LogP contribution < -0.4 is 4.72 Å². The Kier molecular flexibility index (Phi) is 4.54. The van der Waals surface area contributed by atoms with Crippen molar-refractivity contribution in [3.05, 3.63) is 34.9 Å². The smallest absolute Gasteiger partial charge is 0.214 e. The predicted molar refractivity (Wildman–Crippen MR) is 84.8 cm³/mol. The Bertz CT molecular complexity index is 593. The molecular weight excluding hydrogens is 308 g/mol. The van der Waals surface area contributed by atoms with Gasteiger partial charge in [0, 0.05) is 30.7 Å². The fourth-order valence-corrected chi connectivity index (χ4v) is 4.67. The van der Waals surface area contributed by atoms with Gasteiger partial charge in [-0.1, -0.05) is 23.7 Å². The summed E-state index contributed by atoms with van der Waals surface area (Å²) in [6.45, 7) is 2.72. The minimum absolute atomic E-state index is 0.103. The first kappa shape index (κ1) is 15.3. The molecule has 0 bridgehead atoms. The van der Waals surface area contributed by atoms with E-state index in [1.165, 1.54) is 5.56 Å². The minimum Gasteiger partial charge on any atom is -0.299 e. The van der Waals surface area contributed by atoms with Gasteiger partial charge in [0.1, 0.15) is 0 Å². The highest BCUT2D eigenvalue weighted by Gasteiger charge is 2.37. The molecule has 2 fully saturated rings. The Morgan fingerprint density at radius 1 is 1.19 bits per heavy atom. The number of nitrogens with one attached hydrogen (secondary N) is 1. The number of nitrogens with zero attached hydrogens (tertiary/aromatic N) is 1. The van der Waals surface area contributed by atoms with E-state index in [1.807, 2.05) is 18.2 Å². The average molecular weight is 329 g/mol. The largest absolute Gasteiger partial charge is 0.299 e. The molecule has 1 saturated heterocycles. The minimum atomic E-state index is -3.05. The molecule has 0 atom stereocenters. The van der Waals surface area contributed by atoms with Crippen LogP contribution in [0.1, 0.15) is 31.2 Å². The van der Waals surface area contributed by atoms with Gasteiger partial charge in [0.2, 0.25) is 10.0 Å². The monoisotopic (exact) mass is 328 g/mol. The van der Waals surface area contributed by atoms with Crippen LogP contribution in [0.15, 0.2) is 24.3 Å². The van der Waals surface area contributed by atoms with Crippen molar-refractivity contribution in [2.45, 2.75) is 43.5 Å². The van der Waals surface area contributed by atoms with Crippen molar-refractivity contribution in [3.8, 4) is 0 Å². The Morgan fingerprint density at radius 2 is 1.90 bits per heavy atom. The number of likely N-dealkylation sites (tertiary alicyclic amines) is 1. The summed E-state index contributed by atoms with van der Waals surface area (Å²) >= 11 is 6.00. The number of hydrogen-bond acceptors (Lipinski definition) is 3. The maximum Gasteiger partial charge on any atom is 0.214 e. The number of benzene rings is 1. The summed E-state index contributed by atoms with van der Waals surface area (Å²) in [6, 6.07) is 8.02. The van der Waals surface area contributed by atoms with E-state index in [-0.39, 0.29) is 11.3 Å². The first-order chi connectivity index (χ1) is 10.0. The summed E-state index contributed by atoms with van der Waals surface area (Å²) in [5.74, 6) is 0. The van der Waals surface area contributed by atoms with Crippen LogP contribution in [-0.2, 0) is 16.6 Å². The van der Waals surface area contributed by atoms with Crippen molar-refractivity contribution in [2.75, 3.05) is 13.1 Å². The van der Waals surface area contributed by atoms with Gasteiger partial charge in [-0.2, -0.15) is 0 Å². The topological polar surface area (TPSA) is 49.4 Å². The van der Waals surface area contributed by atoms with E-state index in [0.717, 1.165) is 50.3 Å². The lowest BCUT2D eigenvalue weighted by Gasteiger charge is -2.32. The molecule has 0 amide bonds. The number of halogens is 1. The Hall–Kier alpha value is -0.620. The SMILES string of the molecule is O=S(=O)(NC1CCN(Cc2cccc(Cl)c2)CC1)C1CC1. The second-order valence-electron chi connectivity index (χ2n) is 6.04. The second kappa shape index (κ2) is 6.24. The summed E-state index contributed by atoms with van der Waals surface area (Å²) in [6.07, 6.45) is 3.41. The van der Waals surface area contributed by atoms with Crippen molar-refractivity contribution in [3.63, 3.8) is 0 Å². The number of hydrogen-bond donors (Lipinski definition) is 1. The van der Waals surface area contributed by atoms with Gasteiger partial charge in [0.25, 0.3) is 0 Å². The summed E-state index contributed by atoms with van der Waals surface area (Å²) in [4.78, 5) is 2.35. The van der Waals surface area contributed by atoms with Crippen LogP contribution in [0, 0.1) is 0 Å². The van der Waals surface area contributed by atoms with E-state index in [0.29, 0.717) is 0 Å². The quantitative estimate of drug-likeness (QED) is 0.903. The van der Waals surface area contributed by atoms with Crippen molar-refractivity contribution >= 4 is 21.6 Å². The Labute approximate surface area is 131 Å². The Morgan fingerprint density at radius 3 is 2.52 bits per heavy atom. The van der Waals surface area contributed by atoms with E-state index in [9.17, 15) is 8.42 Å². The van der Waals surface area contributed by atoms with Crippen LogP contribution in [0.5, 0.6) is 0 Å². The van der Waals surface area contributed by atoms with Crippen LogP contribution in [-0.4, -0.2) is 37.7 Å². The van der Waals surface area contributed by atoms with E-state index in [2.05, 4.69) is 15.7 Å². The molecule has 0 unspecified atom stereocenters. The fraction of sp³-hybridized carbons (Fsp3) is 0.600. The zero-order valence-electron chi connectivity index (χ0n) is 12.0. The lowest BCUT2D eigenvalue weighted by atomic mass is 10.1. The van der Waals surface area contributed by atoms with Crippen molar-refractivity contribution < 1.29 is 8.42 Å². The van der Waals surface area contributed by atoms with Crippen molar-refractivity contribution in [1.82, 2.24) is 9.62 Å². The van der Waals surface area contributed by atoms with Crippen LogP contribution >= 0.6 is 11.6 Å². The molecule has 2 aliphatic rings. The highest BCUT2D eigenvalue weighted by atomic mass is 35.5. The van der Waals surface area contributed by atoms with Gasteiger partial charge >= 0.3 is 0 Å². The molecule has 0 radical (unpaired) electrons. The molecule has 6 heteroatoms. The van der Waals surface area contributed by atoms with Gasteiger partial charge in [-0.25, -0.2) is 13.1 Å². The van der Waals surface area contributed by atoms with E-state index in [1.54, 1.807) is 0 Å². The van der Waals surface area contributed by atoms with Gasteiger partial charge in [-0.15, -0.1) is 0 Å². The van der Waals surface area contributed by atoms with Gasteiger partial charge in [0.05, 0.1) is 5.25 Å². The third-order valence-electron chi connectivity index (χ3n) is 4.18. The molecule has 21 heavy (non-hydrogen) atoms.